The van der Waals surface area contributed by atoms with E-state index in [1.165, 1.54) is 35.5 Å². The number of carbonyl (C=O) groups is 8. The monoisotopic (exact) mass is 1050 g/mol. The van der Waals surface area contributed by atoms with E-state index in [9.17, 15) is 38.4 Å². The summed E-state index contributed by atoms with van der Waals surface area (Å²) in [6.07, 6.45) is 0.973. The fourth-order valence-corrected chi connectivity index (χ4v) is 5.82. The molecule has 6 N–H and O–H groups in total. The number of rotatable bonds is 17. The third-order valence-corrected chi connectivity index (χ3v) is 10.6. The van der Waals surface area contributed by atoms with Crippen LogP contribution in [-0.2, 0) is 55.3 Å². The molecule has 17 heteroatoms. The molecule has 7 unspecified atom stereocenters. The molecule has 1 fully saturated rings. The second kappa shape index (κ2) is 43.8. The van der Waals surface area contributed by atoms with E-state index in [0.29, 0.717) is 25.3 Å². The fourth-order valence-electron chi connectivity index (χ4n) is 5.70. The number of nitrogens with two attached hydrogens (primary N) is 1. The van der Waals surface area contributed by atoms with Gasteiger partial charge in [-0.15, -0.1) is 0 Å². The quantitative estimate of drug-likeness (QED) is 0.0978. The number of carbonyl (C=O) groups excluding carboxylic acids is 8. The Labute approximate surface area is 443 Å². The van der Waals surface area contributed by atoms with Crippen LogP contribution in [0.3, 0.4) is 0 Å². The van der Waals surface area contributed by atoms with E-state index >= 15 is 0 Å². The van der Waals surface area contributed by atoms with Gasteiger partial charge < -0.3 is 31.5 Å². The first kappa shape index (κ1) is 78.6. The summed E-state index contributed by atoms with van der Waals surface area (Å²) in [5.74, 6) is 1.22. The van der Waals surface area contributed by atoms with Gasteiger partial charge in [-0.05, 0) is 62.2 Å². The van der Waals surface area contributed by atoms with E-state index in [1.807, 2.05) is 80.9 Å². The van der Waals surface area contributed by atoms with Gasteiger partial charge in [0.2, 0.25) is 35.4 Å². The summed E-state index contributed by atoms with van der Waals surface area (Å²) in [4.78, 5) is 98.8. The van der Waals surface area contributed by atoms with Gasteiger partial charge in [0.25, 0.3) is 0 Å². The number of nitrogens with one attached hydrogen (secondary N) is 4. The molecule has 0 spiro atoms. The third kappa shape index (κ3) is 42.4. The van der Waals surface area contributed by atoms with Gasteiger partial charge in [-0.25, -0.2) is 0 Å². The van der Waals surface area contributed by atoms with Crippen LogP contribution in [0.4, 0.5) is 0 Å². The second-order valence-corrected chi connectivity index (χ2v) is 21.9. The number of hydrogen-bond donors (Lipinski definition) is 5. The Kier molecular flexibility index (Phi) is 48.5. The number of primary amides is 1. The molecule has 0 aromatic carbocycles. The van der Waals surface area contributed by atoms with Crippen molar-refractivity contribution in [2.45, 2.75) is 235 Å². The normalized spacial score (nSPS) is 14.9. The minimum atomic E-state index is -1.03. The standard InChI is InChI=1S/C16H28N4O4.C13H26N2O2.C11H20N2O2.3C4H10.C2H6.V/c1-9(2)10(3)18-15(23)13-6-5-7-20(13)16(24)12(8-14(17)22)19-11(4)21;1-8(2)10(5)14-13(17)12(9(3)4)15(7)11(6)16;1-7(2)10(13(6)9(5)14)11(15)12-8(3)4;3*1-4(2)3;1-2;/h9-10,12-13H,5-8H2,1-4H3,(H2,17,22)(H,18,23)(H,19,21);8-10,12H,1-7H3,(H,14,17);3,7-8,10H,1-2,4-6H3,(H,12,15);3*4H,1-3H3;1-2H3;. The molecular formula is C54H110N8O8V. The van der Waals surface area contributed by atoms with Crippen LogP contribution in [0.1, 0.15) is 192 Å². The van der Waals surface area contributed by atoms with Crippen LogP contribution < -0.4 is 27.0 Å². The zero-order valence-electron chi connectivity index (χ0n) is 50.1. The molecule has 1 saturated heterocycles. The first-order valence-corrected chi connectivity index (χ1v) is 26.8. The van der Waals surface area contributed by atoms with Gasteiger partial charge in [-0.3, -0.25) is 28.8 Å². The van der Waals surface area contributed by atoms with Gasteiger partial charge in [0.1, 0.15) is 18.1 Å². The molecule has 1 aliphatic rings. The van der Waals surface area contributed by atoms with Crippen molar-refractivity contribution in [2.75, 3.05) is 20.6 Å². The van der Waals surface area contributed by atoms with Gasteiger partial charge in [0, 0.05) is 39.5 Å². The van der Waals surface area contributed by atoms with Crippen LogP contribution in [-0.4, -0.2) is 130 Å². The van der Waals surface area contributed by atoms with Crippen LogP contribution >= 0.6 is 0 Å². The number of nitrogens with zero attached hydrogens (tertiary/aromatic N) is 3. The average molecular weight is 1050 g/mol. The van der Waals surface area contributed by atoms with Crippen molar-refractivity contribution in [1.82, 2.24) is 36.0 Å². The van der Waals surface area contributed by atoms with E-state index in [4.69, 9.17) is 5.73 Å². The Morgan fingerprint density at radius 3 is 1.20 bits per heavy atom. The third-order valence-electron chi connectivity index (χ3n) is 9.88. The molecule has 0 bridgehead atoms. The molecule has 0 aromatic rings. The summed E-state index contributed by atoms with van der Waals surface area (Å²) in [5.41, 5.74) is 5.16. The number of hydrogen-bond acceptors (Lipinski definition) is 8. The summed E-state index contributed by atoms with van der Waals surface area (Å²) in [7, 11) is 3.33. The summed E-state index contributed by atoms with van der Waals surface area (Å²) < 4.78 is 1.84. The molecule has 1 rings (SSSR count). The molecule has 16 nitrogen and oxygen atoms in total. The van der Waals surface area contributed by atoms with E-state index in [1.54, 1.807) is 14.1 Å². The van der Waals surface area contributed by atoms with E-state index < -0.39 is 41.9 Å². The Morgan fingerprint density at radius 1 is 0.577 bits per heavy atom. The summed E-state index contributed by atoms with van der Waals surface area (Å²) in [5, 5.41) is 11.2. The van der Waals surface area contributed by atoms with Crippen LogP contribution in [0, 0.1) is 41.4 Å². The zero-order chi connectivity index (χ0) is 57.8. The van der Waals surface area contributed by atoms with Gasteiger partial charge in [-0.2, -0.15) is 0 Å². The molecule has 8 amide bonds. The Balaban J connectivity index is -0.000000200. The first-order valence-electron chi connectivity index (χ1n) is 26.0. The average Bonchev–Trinajstić information content (AvgIpc) is 3.70. The van der Waals surface area contributed by atoms with E-state index in [0.717, 1.165) is 17.8 Å². The summed E-state index contributed by atoms with van der Waals surface area (Å²) in [6, 6.07) is -2.31. The predicted octanol–water partition coefficient (Wildman–Crippen LogP) is 7.52. The van der Waals surface area contributed by atoms with Crippen LogP contribution in [0.5, 0.6) is 0 Å². The van der Waals surface area contributed by atoms with E-state index in [-0.39, 0.29) is 71.8 Å². The summed E-state index contributed by atoms with van der Waals surface area (Å²) >= 11 is 2.32. The number of likely N-dealkylation sites (tertiary alicyclic amines) is 1. The van der Waals surface area contributed by atoms with Gasteiger partial charge in [0.15, 0.2) is 0 Å². The maximum atomic E-state index is 12.7. The van der Waals surface area contributed by atoms with Crippen molar-refractivity contribution >= 4 is 52.0 Å². The molecule has 1 aliphatic heterocycles. The molecule has 1 heterocycles. The van der Waals surface area contributed by atoms with Gasteiger partial charge >= 0.3 is 106 Å². The summed E-state index contributed by atoms with van der Waals surface area (Å²) in [6.45, 7) is 49.8. The molecule has 7 atom stereocenters. The molecule has 0 radical (unpaired) electrons. The minimum Gasteiger partial charge on any atom is -0.370 e. The minimum absolute atomic E-state index is 0.00546. The Morgan fingerprint density at radius 2 is 0.915 bits per heavy atom. The van der Waals surface area contributed by atoms with E-state index in [2.05, 4.69) is 114 Å². The van der Waals surface area contributed by atoms with Gasteiger partial charge in [0.05, 0.1) is 6.42 Å². The second-order valence-electron chi connectivity index (χ2n) is 21.5. The van der Waals surface area contributed by atoms with Crippen molar-refractivity contribution in [2.24, 2.45) is 47.2 Å². The molecule has 0 aromatic heterocycles. The van der Waals surface area contributed by atoms with Crippen molar-refractivity contribution in [3.8, 4) is 0 Å². The topological polar surface area (TPSA) is 220 Å². The van der Waals surface area contributed by atoms with Crippen LogP contribution in [0.25, 0.3) is 0 Å². The van der Waals surface area contributed by atoms with Crippen LogP contribution in [0.15, 0.2) is 0 Å². The predicted molar refractivity (Wildman–Crippen MR) is 292 cm³/mol. The maximum absolute atomic E-state index is 12.7. The van der Waals surface area contributed by atoms with Crippen molar-refractivity contribution in [3.63, 3.8) is 0 Å². The zero-order valence-corrected chi connectivity index (χ0v) is 51.5. The van der Waals surface area contributed by atoms with Crippen molar-refractivity contribution in [1.29, 1.82) is 0 Å². The first-order chi connectivity index (χ1) is 32.3. The van der Waals surface area contributed by atoms with Crippen molar-refractivity contribution < 1.29 is 55.3 Å². The van der Waals surface area contributed by atoms with Crippen molar-refractivity contribution in [3.05, 3.63) is 0 Å². The molecule has 0 saturated carbocycles. The Bertz CT molecular complexity index is 1480. The fraction of sp³-hybridized carbons (Fsp3) is 0.833. The molecule has 419 valence electrons. The number of likely N-dealkylation sites (N-methyl/N-ethyl adjacent to an activating group) is 2. The molecular weight excluding hydrogens is 940 g/mol. The largest absolute Gasteiger partial charge is 0.370 e. The maximum Gasteiger partial charge on any atom is 0.246 e. The molecule has 71 heavy (non-hydrogen) atoms. The SMILES string of the molecule is CC.CC(=O)N(C)C(C(=O)NC(C)C(C)C)C(C)C.CC(=O)N(C)C(C(=O)NC(C)[CH]=[V])C(C)C.CC(=O)NC(CC(N)=O)C(=O)N1CCCC1C(=O)NC(C)C(C)C.CC(C)C.CC(C)C.CC(C)C. The number of amides is 8. The smallest absolute Gasteiger partial charge is 0.246 e. The van der Waals surface area contributed by atoms with Gasteiger partial charge in [-0.1, -0.05) is 118 Å². The Hall–Kier alpha value is -3.79. The molecule has 0 aliphatic carbocycles. The van der Waals surface area contributed by atoms with Crippen LogP contribution in [0.2, 0.25) is 0 Å².